The van der Waals surface area contributed by atoms with Crippen LogP contribution in [-0.4, -0.2) is 0 Å². The molecule has 0 nitrogen and oxygen atoms in total. The lowest BCUT2D eigenvalue weighted by Gasteiger charge is -2.55. The Morgan fingerprint density at radius 2 is 1.59 bits per heavy atom. The first kappa shape index (κ1) is 14.8. The second kappa shape index (κ2) is 4.86. The van der Waals surface area contributed by atoms with Crippen LogP contribution in [-0.2, 0) is 6.42 Å². The topological polar surface area (TPSA) is 0 Å². The molecular weight excluding hydrogens is 264 g/mol. The molecule has 0 radical (unpaired) electrons. The predicted molar refractivity (Wildman–Crippen MR) is 93.9 cm³/mol. The summed E-state index contributed by atoms with van der Waals surface area (Å²) in [6, 6.07) is 9.35. The highest BCUT2D eigenvalue weighted by Gasteiger charge is 2.58. The molecule has 0 heteroatoms. The highest BCUT2D eigenvalue weighted by atomic mass is 14.6. The highest BCUT2D eigenvalue weighted by molar-refractivity contribution is 5.36. The normalized spacial score (nSPS) is 50.1. The van der Waals surface area contributed by atoms with Crippen LogP contribution in [0.2, 0.25) is 0 Å². The monoisotopic (exact) mass is 296 g/mol. The van der Waals surface area contributed by atoms with E-state index < -0.39 is 0 Å². The van der Waals surface area contributed by atoms with Gasteiger partial charge in [0.05, 0.1) is 0 Å². The Balaban J connectivity index is 1.83. The smallest absolute Gasteiger partial charge is 0.00994 e. The average Bonchev–Trinajstić information content (AvgIpc) is 2.68. The van der Waals surface area contributed by atoms with Crippen molar-refractivity contribution in [3.63, 3.8) is 0 Å². The molecule has 0 saturated heterocycles. The maximum atomic E-state index is 2.62. The van der Waals surface area contributed by atoms with Crippen LogP contribution in [0.4, 0.5) is 0 Å². The minimum absolute atomic E-state index is 0.597. The molecule has 22 heavy (non-hydrogen) atoms. The van der Waals surface area contributed by atoms with Crippen LogP contribution in [0.1, 0.15) is 64.5 Å². The van der Waals surface area contributed by atoms with Gasteiger partial charge in [-0.15, -0.1) is 0 Å². The summed E-state index contributed by atoms with van der Waals surface area (Å²) in [4.78, 5) is 0. The Morgan fingerprint density at radius 3 is 2.36 bits per heavy atom. The first-order chi connectivity index (χ1) is 10.4. The lowest BCUT2D eigenvalue weighted by Crippen LogP contribution is -2.48. The van der Waals surface area contributed by atoms with E-state index in [1.807, 2.05) is 0 Å². The molecule has 3 aliphatic rings. The van der Waals surface area contributed by atoms with Crippen molar-refractivity contribution in [2.24, 2.45) is 40.9 Å². The van der Waals surface area contributed by atoms with Gasteiger partial charge in [0.25, 0.3) is 0 Å². The Kier molecular flexibility index (Phi) is 3.26. The Hall–Kier alpha value is -0.780. The molecule has 8 atom stereocenters. The molecular formula is C22H32. The first-order valence-electron chi connectivity index (χ1n) is 9.50. The quantitative estimate of drug-likeness (QED) is 0.557. The SMILES string of the molecule is CC1CC2(C)CC(C)C3c4ccccc4CC(C)C3C2C1C. The van der Waals surface area contributed by atoms with Gasteiger partial charge >= 0.3 is 0 Å². The average molecular weight is 296 g/mol. The van der Waals surface area contributed by atoms with Crippen LogP contribution in [0.3, 0.4) is 0 Å². The molecule has 1 aromatic rings. The van der Waals surface area contributed by atoms with Gasteiger partial charge in [0.15, 0.2) is 0 Å². The summed E-state index contributed by atoms with van der Waals surface area (Å²) < 4.78 is 0. The van der Waals surface area contributed by atoms with E-state index in [0.29, 0.717) is 5.41 Å². The molecule has 1 aromatic carbocycles. The fraction of sp³-hybridized carbons (Fsp3) is 0.727. The van der Waals surface area contributed by atoms with Crippen LogP contribution < -0.4 is 0 Å². The third-order valence-corrected chi connectivity index (χ3v) is 7.90. The third kappa shape index (κ3) is 1.88. The van der Waals surface area contributed by atoms with Crippen molar-refractivity contribution in [1.29, 1.82) is 0 Å². The summed E-state index contributed by atoms with van der Waals surface area (Å²) in [6.07, 6.45) is 4.20. The van der Waals surface area contributed by atoms with Gasteiger partial charge in [-0.05, 0) is 77.2 Å². The zero-order chi connectivity index (χ0) is 15.6. The van der Waals surface area contributed by atoms with Gasteiger partial charge in [-0.2, -0.15) is 0 Å². The standard InChI is InChI=1S/C22H32/c1-13-10-17-8-6-7-9-18(17)19-15(3)12-22(5)11-14(2)16(4)21(22)20(13)19/h6-9,13-16,19-21H,10-12H2,1-5H3. The summed E-state index contributed by atoms with van der Waals surface area (Å²) in [5.41, 5.74) is 3.94. The number of rotatable bonds is 0. The minimum atomic E-state index is 0.597. The van der Waals surface area contributed by atoms with Gasteiger partial charge in [0, 0.05) is 0 Å². The molecule has 4 rings (SSSR count). The van der Waals surface area contributed by atoms with Crippen molar-refractivity contribution in [2.75, 3.05) is 0 Å². The fourth-order valence-corrected chi connectivity index (χ4v) is 7.30. The van der Waals surface area contributed by atoms with Crippen LogP contribution >= 0.6 is 0 Å². The maximum Gasteiger partial charge on any atom is -0.00994 e. The molecule has 0 heterocycles. The van der Waals surface area contributed by atoms with Crippen LogP contribution in [0.15, 0.2) is 24.3 Å². The molecule has 120 valence electrons. The van der Waals surface area contributed by atoms with Crippen LogP contribution in [0.5, 0.6) is 0 Å². The van der Waals surface area contributed by atoms with E-state index in [4.69, 9.17) is 0 Å². The maximum absolute atomic E-state index is 2.62. The van der Waals surface area contributed by atoms with E-state index in [9.17, 15) is 0 Å². The number of benzene rings is 1. The van der Waals surface area contributed by atoms with E-state index in [0.717, 1.165) is 41.4 Å². The largest absolute Gasteiger partial charge is 0.0622 e. The van der Waals surface area contributed by atoms with Crippen molar-refractivity contribution in [1.82, 2.24) is 0 Å². The summed E-state index contributed by atoms with van der Waals surface area (Å²) in [5.74, 6) is 6.15. The molecule has 0 aromatic heterocycles. The van der Waals surface area contributed by atoms with Gasteiger partial charge in [-0.1, -0.05) is 58.9 Å². The van der Waals surface area contributed by atoms with Crippen molar-refractivity contribution in [3.05, 3.63) is 35.4 Å². The Bertz CT molecular complexity index is 573. The molecule has 0 spiro atoms. The first-order valence-corrected chi connectivity index (χ1v) is 9.50. The van der Waals surface area contributed by atoms with Gasteiger partial charge in [-0.25, -0.2) is 0 Å². The second-order valence-corrected chi connectivity index (χ2v) is 9.39. The number of hydrogen-bond donors (Lipinski definition) is 0. The molecule has 0 N–H and O–H groups in total. The lowest BCUT2D eigenvalue weighted by atomic mass is 9.49. The highest BCUT2D eigenvalue weighted by Crippen LogP contribution is 2.66. The predicted octanol–water partition coefficient (Wildman–Crippen LogP) is 5.92. The van der Waals surface area contributed by atoms with Gasteiger partial charge in [-0.3, -0.25) is 0 Å². The Labute approximate surface area is 136 Å². The van der Waals surface area contributed by atoms with Gasteiger partial charge in [0.2, 0.25) is 0 Å². The zero-order valence-electron chi connectivity index (χ0n) is 15.0. The van der Waals surface area contributed by atoms with Gasteiger partial charge < -0.3 is 0 Å². The minimum Gasteiger partial charge on any atom is -0.0622 e. The third-order valence-electron chi connectivity index (χ3n) is 7.90. The number of hydrogen-bond acceptors (Lipinski definition) is 0. The molecule has 3 aliphatic carbocycles. The summed E-state index contributed by atoms with van der Waals surface area (Å²) >= 11 is 0. The summed E-state index contributed by atoms with van der Waals surface area (Å²) in [5, 5.41) is 0. The van der Waals surface area contributed by atoms with Crippen molar-refractivity contribution >= 4 is 0 Å². The Morgan fingerprint density at radius 1 is 0.909 bits per heavy atom. The van der Waals surface area contributed by atoms with Crippen molar-refractivity contribution < 1.29 is 0 Å². The second-order valence-electron chi connectivity index (χ2n) is 9.39. The molecule has 2 saturated carbocycles. The summed E-state index contributed by atoms with van der Waals surface area (Å²) in [6.45, 7) is 12.8. The van der Waals surface area contributed by atoms with E-state index in [-0.39, 0.29) is 0 Å². The van der Waals surface area contributed by atoms with Crippen molar-refractivity contribution in [2.45, 2.75) is 59.8 Å². The zero-order valence-corrected chi connectivity index (χ0v) is 15.0. The van der Waals surface area contributed by atoms with Crippen molar-refractivity contribution in [3.8, 4) is 0 Å². The van der Waals surface area contributed by atoms with E-state index in [1.165, 1.54) is 19.3 Å². The van der Waals surface area contributed by atoms with E-state index in [2.05, 4.69) is 58.9 Å². The van der Waals surface area contributed by atoms with Crippen LogP contribution in [0, 0.1) is 40.9 Å². The van der Waals surface area contributed by atoms with E-state index in [1.54, 1.807) is 11.1 Å². The lowest BCUT2D eigenvalue weighted by molar-refractivity contribution is -0.0178. The summed E-state index contributed by atoms with van der Waals surface area (Å²) in [7, 11) is 0. The molecule has 0 aliphatic heterocycles. The molecule has 8 unspecified atom stereocenters. The van der Waals surface area contributed by atoms with E-state index >= 15 is 0 Å². The molecule has 0 amide bonds. The van der Waals surface area contributed by atoms with Crippen LogP contribution in [0.25, 0.3) is 0 Å². The molecule has 2 fully saturated rings. The fourth-order valence-electron chi connectivity index (χ4n) is 7.30. The molecule has 0 bridgehead atoms. The van der Waals surface area contributed by atoms with Gasteiger partial charge in [0.1, 0.15) is 0 Å². The number of fused-ring (bicyclic) bond motifs is 5.